The second-order valence-corrected chi connectivity index (χ2v) is 25.4. The molecule has 8 aliphatic rings. The summed E-state index contributed by atoms with van der Waals surface area (Å²) in [5, 5.41) is 88.9. The number of piperazine rings is 2. The van der Waals surface area contributed by atoms with Crippen LogP contribution in [-0.4, -0.2) is 144 Å². The minimum Gasteiger partial charge on any atom is -0.507 e. The number of aliphatic hydroxyl groups excluding tert-OH is 1. The van der Waals surface area contributed by atoms with Crippen LogP contribution in [0.15, 0.2) is 72.8 Å². The van der Waals surface area contributed by atoms with Gasteiger partial charge in [-0.2, -0.15) is 5.26 Å². The number of amides is 2. The van der Waals surface area contributed by atoms with Crippen LogP contribution in [0.2, 0.25) is 0 Å². The molecule has 22 nitrogen and oxygen atoms in total. The number of fused-ring (bicyclic) bond motifs is 18. The number of phenols is 4. The van der Waals surface area contributed by atoms with Crippen molar-refractivity contribution in [1.82, 2.24) is 30.2 Å². The van der Waals surface area contributed by atoms with E-state index in [9.17, 15) is 40.4 Å². The molecule has 6 aromatic rings. The Hall–Kier alpha value is -5.23. The van der Waals surface area contributed by atoms with Crippen LogP contribution in [0.1, 0.15) is 126 Å². The van der Waals surface area contributed by atoms with Gasteiger partial charge in [0.25, 0.3) is 5.09 Å². The zero-order valence-corrected chi connectivity index (χ0v) is 64.7. The Bertz CT molecular complexity index is 3940. The van der Waals surface area contributed by atoms with E-state index in [4.69, 9.17) is 34.3 Å². The van der Waals surface area contributed by atoms with Gasteiger partial charge >= 0.3 is 0 Å². The molecule has 4 bridgehead atoms. The number of hydrogen-bond acceptors (Lipinski definition) is 18. The number of aliphatic hydroxyl groups is 1. The van der Waals surface area contributed by atoms with E-state index in [1.807, 2.05) is 116 Å². The topological polar surface area (TPSA) is 296 Å². The van der Waals surface area contributed by atoms with Crippen LogP contribution < -0.4 is 29.6 Å². The number of aromatic hydroxyl groups is 4. The van der Waals surface area contributed by atoms with E-state index in [0.717, 1.165) is 77.9 Å². The normalized spacial score (nSPS) is 23.7. The second-order valence-electron chi connectivity index (χ2n) is 25.4. The number of benzene rings is 6. The number of carbonyl (C=O) groups is 2. The molecule has 94 heavy (non-hydrogen) atoms. The SMILES string of the molecule is Cc1cc2c(c(O)c1C)[C@@H]1C3Cc4c(O)c(C)c5c(c4[C@H](CNC(=O)CCc4ccccc4)N3[C@@H](C#N)[C@H](C2)N1C)OCO5.Cc1cc2c(c(O)c1C)[C@@H]1C3Cc4c(O)c(C)c5c(c4[C@H](CNC(=O)CCc4ccccc4)N3[C@@H](O)[C@H](C2)N1C)OCO5.O=[N+]([O-])O.[Ac].[Ac].[Ag]. The molecule has 2 saturated heterocycles. The minimum atomic E-state index is -1.50. The molecule has 2 fully saturated rings. The minimum absolute atomic E-state index is 0. The third-order valence-corrected chi connectivity index (χ3v) is 20.7. The number of phenolic OH excluding ortho intramolecular Hbond substituents is 4. The summed E-state index contributed by atoms with van der Waals surface area (Å²) in [5.74, 6) is 2.89. The van der Waals surface area contributed by atoms with Gasteiger partial charge in [0.15, 0.2) is 23.0 Å². The average molecular weight is 1810 g/mol. The molecule has 0 aliphatic carbocycles. The Balaban J connectivity index is 0.000000203. The third-order valence-electron chi connectivity index (χ3n) is 20.7. The van der Waals surface area contributed by atoms with E-state index in [0.29, 0.717) is 97.0 Å². The first-order valence-corrected chi connectivity index (χ1v) is 31.0. The van der Waals surface area contributed by atoms with Crippen LogP contribution in [0.3, 0.4) is 0 Å². The molecule has 0 aromatic heterocycles. The first-order chi connectivity index (χ1) is 43.6. The van der Waals surface area contributed by atoms with Crippen molar-refractivity contribution < 1.29 is 175 Å². The van der Waals surface area contributed by atoms with E-state index in [1.165, 1.54) is 0 Å². The van der Waals surface area contributed by atoms with Gasteiger partial charge in [-0.1, -0.05) is 72.8 Å². The van der Waals surface area contributed by atoms with Crippen molar-refractivity contribution in [3.8, 4) is 52.1 Å². The first kappa shape index (κ1) is 73.0. The first-order valence-electron chi connectivity index (χ1n) is 31.0. The summed E-state index contributed by atoms with van der Waals surface area (Å²) in [4.78, 5) is 43.5. The van der Waals surface area contributed by atoms with Crippen molar-refractivity contribution in [1.29, 1.82) is 5.26 Å². The Labute approximate surface area is 633 Å². The standard InChI is InChI=1S/C35H38N4O5.C34H39N3O6.2Ac.Ag.HNO3/c1-18-12-22-13-24-26(15-36)39-25(31(38(24)4)29(22)33(42)19(18)2)14-23-30(35-34(43-17-44-35)20(3)32(23)41)27(39)16-37-28(40)11-10-21-8-6-5-7-9-21;1-17-12-21-13-24-34(41)37-23(29(36(24)4)27(21)31(40)18(17)2)14-22-28(33-32(42-16-43-33)19(3)30(22)39)25(37)15-35-26(38)11-10-20-8-6-5-7-9-20;;;;2-1(3)4/h5-9,12,24-27,31,41-42H,10-11,13-14,16-17H2,1-4H3,(H,37,40);5-9,12,23-25,29,34,39-41H,10-11,13-16H2,1-4H3,(H,35,38);;;;(H,2,3,4)/t24-,25?,26-,27-,31-;23?,24-,25-,29-,34-;;;;/m00..../s1. The Kier molecular flexibility index (Phi) is 23.2. The molecule has 2 amide bonds. The summed E-state index contributed by atoms with van der Waals surface area (Å²) in [6.45, 7) is 12.1. The number of ether oxygens (including phenoxy) is 4. The summed E-state index contributed by atoms with van der Waals surface area (Å²) in [7, 11) is 4.04. The number of hydrogen-bond donors (Lipinski definition) is 8. The van der Waals surface area contributed by atoms with Crippen molar-refractivity contribution in [3.63, 3.8) is 0 Å². The summed E-state index contributed by atoms with van der Waals surface area (Å²) in [6, 6.07) is 24.0. The van der Waals surface area contributed by atoms with Gasteiger partial charge in [-0.3, -0.25) is 29.2 Å². The maximum Gasteiger partial charge on any atom is 0.291 e. The molecular formula is C69H78Ac2AgN8O14. The fourth-order valence-electron chi connectivity index (χ4n) is 16.0. The molecule has 0 spiro atoms. The third kappa shape index (κ3) is 13.1. The monoisotopic (exact) mass is 1800 g/mol. The summed E-state index contributed by atoms with van der Waals surface area (Å²) in [6.07, 6.45) is 3.14. The van der Waals surface area contributed by atoms with Gasteiger partial charge in [-0.25, -0.2) is 0 Å². The number of carbonyl (C=O) groups excluding carboxylic acids is 2. The Morgan fingerprint density at radius 1 is 0.585 bits per heavy atom. The van der Waals surface area contributed by atoms with Gasteiger partial charge in [0.05, 0.1) is 36.3 Å². The smallest absolute Gasteiger partial charge is 0.291 e. The van der Waals surface area contributed by atoms with Crippen LogP contribution in [0, 0.1) is 151 Å². The summed E-state index contributed by atoms with van der Waals surface area (Å²) < 4.78 is 23.6. The van der Waals surface area contributed by atoms with Crippen molar-refractivity contribution in [2.45, 2.75) is 154 Å². The maximum absolute atomic E-state index is 13.2. The van der Waals surface area contributed by atoms with Crippen LogP contribution in [0.25, 0.3) is 0 Å². The van der Waals surface area contributed by atoms with Crippen molar-refractivity contribution >= 4 is 11.8 Å². The van der Waals surface area contributed by atoms with E-state index in [1.54, 1.807) is 0 Å². The fourth-order valence-corrected chi connectivity index (χ4v) is 16.0. The van der Waals surface area contributed by atoms with E-state index >= 15 is 0 Å². The molecule has 25 heteroatoms. The second kappa shape index (κ2) is 29.9. The largest absolute Gasteiger partial charge is 0.507 e. The average Bonchev–Trinajstić information content (AvgIpc) is 0.969. The summed E-state index contributed by atoms with van der Waals surface area (Å²) >= 11 is 0. The molecule has 8 heterocycles. The van der Waals surface area contributed by atoms with Crippen LogP contribution in [0.4, 0.5) is 0 Å². The Morgan fingerprint density at radius 2 is 0.968 bits per heavy atom. The molecule has 14 rings (SSSR count). The van der Waals surface area contributed by atoms with Gasteiger partial charge < -0.3 is 60.3 Å². The number of likely N-dealkylation sites (N-methyl/N-ethyl adjacent to an activating group) is 2. The fraction of sp³-hybridized carbons (Fsp3) is 0.435. The van der Waals surface area contributed by atoms with Gasteiger partial charge in [-0.05, 0) is 139 Å². The zero-order valence-electron chi connectivity index (χ0n) is 53.8. The van der Waals surface area contributed by atoms with Crippen LogP contribution in [0.5, 0.6) is 46.0 Å². The molecule has 2 unspecified atom stereocenters. The molecule has 0 saturated carbocycles. The van der Waals surface area contributed by atoms with Crippen molar-refractivity contribution in [2.75, 3.05) is 40.8 Å². The van der Waals surface area contributed by atoms with Gasteiger partial charge in [0.1, 0.15) is 35.3 Å². The van der Waals surface area contributed by atoms with Crippen LogP contribution >= 0.6 is 0 Å². The molecule has 3 radical (unpaired) electrons. The molecule has 8 N–H and O–H groups in total. The number of nitrogens with zero attached hydrogens (tertiary/aromatic N) is 6. The van der Waals surface area contributed by atoms with E-state index in [-0.39, 0.29) is 197 Å². The molecule has 8 aliphatic heterocycles. The molecule has 10 atom stereocenters. The summed E-state index contributed by atoms with van der Waals surface area (Å²) in [5.41, 5.74) is 14.1. The van der Waals surface area contributed by atoms with E-state index < -0.39 is 29.4 Å². The predicted molar refractivity (Wildman–Crippen MR) is 333 cm³/mol. The molecule has 495 valence electrons. The quantitative estimate of drug-likeness (QED) is 0.0372. The Morgan fingerprint density at radius 3 is 1.39 bits per heavy atom. The number of nitrogens with one attached hydrogen (secondary N) is 2. The predicted octanol–water partition coefficient (Wildman–Crippen LogP) is 7.62. The van der Waals surface area contributed by atoms with Crippen molar-refractivity contribution in [3.05, 3.63) is 172 Å². The number of rotatable bonds is 10. The number of aryl methyl sites for hydroxylation is 4. The number of nitriles is 1. The zero-order chi connectivity index (χ0) is 64.6. The maximum atomic E-state index is 13.2. The van der Waals surface area contributed by atoms with Gasteiger partial charge in [0.2, 0.25) is 25.4 Å². The van der Waals surface area contributed by atoms with Gasteiger partial charge in [0, 0.05) is 199 Å². The van der Waals surface area contributed by atoms with Crippen molar-refractivity contribution in [2.24, 2.45) is 0 Å². The van der Waals surface area contributed by atoms with E-state index in [2.05, 4.69) is 48.4 Å². The van der Waals surface area contributed by atoms with Crippen LogP contribution in [-0.2, 0) is 70.5 Å². The molecule has 6 aromatic carbocycles. The molecular weight excluding hydrogens is 1730 g/mol. The van der Waals surface area contributed by atoms with Gasteiger partial charge in [-0.15, -0.1) is 10.1 Å².